The Balaban J connectivity index is 0.00000324. The van der Waals surface area contributed by atoms with Crippen LogP contribution >= 0.6 is 0 Å². The molecule has 0 saturated carbocycles. The van der Waals surface area contributed by atoms with Crippen molar-refractivity contribution in [2.24, 2.45) is 0 Å². The molecule has 0 aliphatic carbocycles. The van der Waals surface area contributed by atoms with E-state index in [2.05, 4.69) is 0 Å². The number of ether oxygens (including phenoxy) is 2. The first kappa shape index (κ1) is 19.1. The van der Waals surface area contributed by atoms with Crippen LogP contribution in [0.1, 0.15) is 51.9 Å². The van der Waals surface area contributed by atoms with Crippen molar-refractivity contribution in [1.82, 2.24) is 0 Å². The third-order valence-corrected chi connectivity index (χ3v) is 1.92. The van der Waals surface area contributed by atoms with Crippen molar-refractivity contribution in [3.63, 3.8) is 0 Å². The molecule has 0 bridgehead atoms. The first-order chi connectivity index (χ1) is 8.08. The third kappa shape index (κ3) is 7.42. The van der Waals surface area contributed by atoms with E-state index in [1.165, 1.54) is 0 Å². The molecule has 0 unspecified atom stereocenters. The summed E-state index contributed by atoms with van der Waals surface area (Å²) in [6.07, 6.45) is 0. The number of hydrogen-bond acceptors (Lipinski definition) is 3. The van der Waals surface area contributed by atoms with Gasteiger partial charge < -0.3 is 9.47 Å². The zero-order valence-electron chi connectivity index (χ0n) is 12.0. The zero-order valence-corrected chi connectivity index (χ0v) is 12.0. The Hall–Kier alpha value is 0.0614. The van der Waals surface area contributed by atoms with Crippen LogP contribution in [0.15, 0.2) is 24.3 Å². The van der Waals surface area contributed by atoms with Crippen LogP contribution in [0.5, 0.6) is 5.75 Å². The quantitative estimate of drug-likeness (QED) is 0.576. The van der Waals surface area contributed by atoms with Crippen molar-refractivity contribution in [3.8, 4) is 5.75 Å². The summed E-state index contributed by atoms with van der Waals surface area (Å²) >= 11 is 0. The fourth-order valence-corrected chi connectivity index (χ4v) is 1.39. The predicted octanol–water partition coefficient (Wildman–Crippen LogP) is 2.90. The number of rotatable bonds is 2. The Morgan fingerprint density at radius 3 is 1.95 bits per heavy atom. The number of para-hydroxylation sites is 1. The van der Waals surface area contributed by atoms with Gasteiger partial charge in [-0.1, -0.05) is 12.1 Å². The van der Waals surface area contributed by atoms with Crippen molar-refractivity contribution in [3.05, 3.63) is 29.8 Å². The summed E-state index contributed by atoms with van der Waals surface area (Å²) in [6.45, 7) is 11.4. The van der Waals surface area contributed by atoms with Gasteiger partial charge in [0.25, 0.3) is 0 Å². The van der Waals surface area contributed by atoms with Crippen LogP contribution in [0.25, 0.3) is 0 Å². The normalized spacial score (nSPS) is 11.5. The number of benzene rings is 1. The van der Waals surface area contributed by atoms with Crippen LogP contribution in [-0.4, -0.2) is 66.1 Å². The Kier molecular flexibility index (Phi) is 7.20. The van der Waals surface area contributed by atoms with E-state index in [1.54, 1.807) is 18.2 Å². The Bertz CT molecular complexity index is 428. The van der Waals surface area contributed by atoms with Gasteiger partial charge in [0, 0.05) is 0 Å². The zero-order chi connectivity index (χ0) is 14.0. The molecule has 0 saturated heterocycles. The molecule has 1 aromatic carbocycles. The van der Waals surface area contributed by atoms with Gasteiger partial charge in [0.2, 0.25) is 0 Å². The Labute approximate surface area is 156 Å². The first-order valence-corrected chi connectivity index (χ1v) is 6.10. The number of esters is 1. The molecule has 0 radical (unpaired) electrons. The second kappa shape index (κ2) is 7.18. The summed E-state index contributed by atoms with van der Waals surface area (Å²) in [5.41, 5.74) is -0.397. The molecule has 1 aromatic rings. The molecule has 0 aliphatic heterocycles. The third-order valence-electron chi connectivity index (χ3n) is 1.92. The predicted molar refractivity (Wildman–Crippen MR) is 80.5 cm³/mol. The van der Waals surface area contributed by atoms with E-state index in [1.807, 2.05) is 47.6 Å². The summed E-state index contributed by atoms with van der Waals surface area (Å²) in [4.78, 5) is 12.1. The summed E-state index contributed by atoms with van der Waals surface area (Å²) in [5, 5.41) is 0. The van der Waals surface area contributed by atoms with Gasteiger partial charge >= 0.3 is 54.9 Å². The molecule has 0 N–H and O–H groups in total. The molecule has 0 aromatic heterocycles. The van der Waals surface area contributed by atoms with E-state index >= 15 is 0 Å². The average Bonchev–Trinajstić information content (AvgIpc) is 2.12. The molecule has 4 heteroatoms. The van der Waals surface area contributed by atoms with Crippen LogP contribution in [0, 0.1) is 0 Å². The molecule has 0 spiro atoms. The Morgan fingerprint density at radius 1 is 0.947 bits per heavy atom. The first-order valence-electron chi connectivity index (χ1n) is 6.10. The molecule has 0 aliphatic rings. The monoisotopic (exact) mass is 390 g/mol. The standard InChI is InChI=1S/C15H22O3.Ba.2H/c1-14(2,3)17-12-10-8-7-9-11(12)13(16)18-15(4,5)6;;;/h7-10H,1-6H3;;;. The second-order valence-electron chi connectivity index (χ2n) is 6.21. The minimum atomic E-state index is -0.508. The molecular formula is C15H24BaO3. The summed E-state index contributed by atoms with van der Waals surface area (Å²) in [6, 6.07) is 7.14. The van der Waals surface area contributed by atoms with Crippen molar-refractivity contribution < 1.29 is 14.3 Å². The number of carbonyl (C=O) groups is 1. The van der Waals surface area contributed by atoms with E-state index < -0.39 is 5.60 Å². The van der Waals surface area contributed by atoms with Crippen molar-refractivity contribution in [2.45, 2.75) is 52.7 Å². The van der Waals surface area contributed by atoms with E-state index in [-0.39, 0.29) is 60.5 Å². The fourth-order valence-electron chi connectivity index (χ4n) is 1.39. The topological polar surface area (TPSA) is 35.5 Å². The van der Waals surface area contributed by atoms with Crippen molar-refractivity contribution in [1.29, 1.82) is 0 Å². The summed E-state index contributed by atoms with van der Waals surface area (Å²) < 4.78 is 11.1. The molecular weight excluding hydrogens is 365 g/mol. The van der Waals surface area contributed by atoms with Crippen molar-refractivity contribution >= 4 is 54.9 Å². The number of carbonyl (C=O) groups excluding carboxylic acids is 1. The fraction of sp³-hybridized carbons (Fsp3) is 0.533. The van der Waals surface area contributed by atoms with Gasteiger partial charge in [0.05, 0.1) is 0 Å². The summed E-state index contributed by atoms with van der Waals surface area (Å²) in [5.74, 6) is 0.196. The van der Waals surface area contributed by atoms with Crippen LogP contribution < -0.4 is 4.74 Å². The molecule has 1 rings (SSSR count). The molecule has 19 heavy (non-hydrogen) atoms. The molecule has 0 fully saturated rings. The maximum atomic E-state index is 12.1. The SMILES string of the molecule is CC(C)(C)OC(=O)c1ccccc1OC(C)(C)C.[BaH2]. The van der Waals surface area contributed by atoms with Crippen LogP contribution in [0.2, 0.25) is 0 Å². The summed E-state index contributed by atoms with van der Waals surface area (Å²) in [7, 11) is 0. The Morgan fingerprint density at radius 2 is 1.47 bits per heavy atom. The number of hydrogen-bond donors (Lipinski definition) is 0. The van der Waals surface area contributed by atoms with E-state index in [4.69, 9.17) is 9.47 Å². The van der Waals surface area contributed by atoms with E-state index in [0.717, 1.165) is 0 Å². The molecule has 3 nitrogen and oxygen atoms in total. The second-order valence-corrected chi connectivity index (χ2v) is 6.21. The van der Waals surface area contributed by atoms with Gasteiger partial charge in [-0.2, -0.15) is 0 Å². The molecule has 0 amide bonds. The van der Waals surface area contributed by atoms with Crippen molar-refractivity contribution in [2.75, 3.05) is 0 Å². The van der Waals surface area contributed by atoms with Crippen LogP contribution in [-0.2, 0) is 4.74 Å². The minimum absolute atomic E-state index is 0. The molecule has 0 heterocycles. The van der Waals surface area contributed by atoms with Crippen LogP contribution in [0.3, 0.4) is 0 Å². The maximum absolute atomic E-state index is 12.1. The van der Waals surface area contributed by atoms with Gasteiger partial charge in [0.1, 0.15) is 22.5 Å². The van der Waals surface area contributed by atoms with E-state index in [0.29, 0.717) is 11.3 Å². The average molecular weight is 390 g/mol. The van der Waals surface area contributed by atoms with Crippen LogP contribution in [0.4, 0.5) is 0 Å². The van der Waals surface area contributed by atoms with Gasteiger partial charge in [-0.3, -0.25) is 0 Å². The van der Waals surface area contributed by atoms with E-state index in [9.17, 15) is 4.79 Å². The molecule has 104 valence electrons. The van der Waals surface area contributed by atoms with Gasteiger partial charge in [0.15, 0.2) is 0 Å². The van der Waals surface area contributed by atoms with Gasteiger partial charge in [-0.25, -0.2) is 4.79 Å². The molecule has 0 atom stereocenters. The van der Waals surface area contributed by atoms with Gasteiger partial charge in [-0.05, 0) is 53.7 Å². The van der Waals surface area contributed by atoms with Gasteiger partial charge in [-0.15, -0.1) is 0 Å².